The summed E-state index contributed by atoms with van der Waals surface area (Å²) in [7, 11) is 0. The van der Waals surface area contributed by atoms with Crippen LogP contribution in [0.1, 0.15) is 24.1 Å². The van der Waals surface area contributed by atoms with Crippen molar-refractivity contribution >= 4 is 23.2 Å². The highest BCUT2D eigenvalue weighted by Crippen LogP contribution is 2.19. The van der Waals surface area contributed by atoms with Crippen LogP contribution in [0, 0.1) is 6.92 Å². The molecule has 1 aromatic heterocycles. The Morgan fingerprint density at radius 2 is 2.00 bits per heavy atom. The number of nitrogens with zero attached hydrogens (tertiary/aromatic N) is 4. The first-order valence-corrected chi connectivity index (χ1v) is 8.53. The fraction of sp³-hybridized carbons (Fsp3) is 0.222. The smallest absolute Gasteiger partial charge is 0.239 e. The van der Waals surface area contributed by atoms with Gasteiger partial charge in [0.2, 0.25) is 5.91 Å². The van der Waals surface area contributed by atoms with Crippen molar-refractivity contribution in [1.82, 2.24) is 25.5 Å². The molecular weight excluding hydrogens is 352 g/mol. The molecule has 0 aliphatic rings. The van der Waals surface area contributed by atoms with E-state index in [1.807, 2.05) is 56.3 Å². The van der Waals surface area contributed by atoms with Gasteiger partial charge < -0.3 is 10.6 Å². The molecule has 0 fully saturated rings. The Hall–Kier alpha value is -2.93. The highest BCUT2D eigenvalue weighted by atomic mass is 35.5. The number of carbonyl (C=O) groups excluding carboxylic acids is 1. The summed E-state index contributed by atoms with van der Waals surface area (Å²) < 4.78 is 1.56. The largest absolute Gasteiger partial charge is 0.376 e. The second-order valence-electron chi connectivity index (χ2n) is 5.95. The van der Waals surface area contributed by atoms with Gasteiger partial charge in [0.15, 0.2) is 0 Å². The molecule has 3 rings (SSSR count). The number of rotatable bonds is 6. The van der Waals surface area contributed by atoms with Gasteiger partial charge in [0.25, 0.3) is 0 Å². The summed E-state index contributed by atoms with van der Waals surface area (Å²) >= 11 is 5.89. The average molecular weight is 371 g/mol. The lowest BCUT2D eigenvalue weighted by atomic mass is 10.1. The highest BCUT2D eigenvalue weighted by molar-refractivity contribution is 6.30. The highest BCUT2D eigenvalue weighted by Gasteiger charge is 2.10. The minimum absolute atomic E-state index is 0.0975. The van der Waals surface area contributed by atoms with Gasteiger partial charge in [0.1, 0.15) is 6.33 Å². The zero-order chi connectivity index (χ0) is 18.5. The van der Waals surface area contributed by atoms with Crippen LogP contribution >= 0.6 is 11.6 Å². The first-order valence-electron chi connectivity index (χ1n) is 8.15. The third-order valence-corrected chi connectivity index (χ3v) is 4.27. The van der Waals surface area contributed by atoms with Gasteiger partial charge in [-0.15, -0.1) is 5.10 Å². The van der Waals surface area contributed by atoms with Crippen molar-refractivity contribution in [3.63, 3.8) is 0 Å². The van der Waals surface area contributed by atoms with Crippen molar-refractivity contribution in [2.45, 2.75) is 19.9 Å². The molecule has 26 heavy (non-hydrogen) atoms. The van der Waals surface area contributed by atoms with E-state index in [9.17, 15) is 4.79 Å². The van der Waals surface area contributed by atoms with Gasteiger partial charge in [-0.1, -0.05) is 29.8 Å². The molecule has 8 heteroatoms. The van der Waals surface area contributed by atoms with E-state index in [0.717, 1.165) is 22.5 Å². The lowest BCUT2D eigenvalue weighted by Crippen LogP contribution is -2.32. The number of hydrogen-bond acceptors (Lipinski definition) is 5. The molecule has 0 spiro atoms. The van der Waals surface area contributed by atoms with Gasteiger partial charge in [-0.3, -0.25) is 4.79 Å². The molecule has 0 saturated carbocycles. The summed E-state index contributed by atoms with van der Waals surface area (Å²) in [6, 6.07) is 13.1. The summed E-state index contributed by atoms with van der Waals surface area (Å²) in [5.41, 5.74) is 3.70. The second kappa shape index (κ2) is 7.97. The molecule has 1 heterocycles. The van der Waals surface area contributed by atoms with Gasteiger partial charge in [0.05, 0.1) is 18.3 Å². The summed E-state index contributed by atoms with van der Waals surface area (Å²) in [6.07, 6.45) is 1.52. The number of aromatic nitrogens is 4. The van der Waals surface area contributed by atoms with Crippen LogP contribution in [0.3, 0.4) is 0 Å². The average Bonchev–Trinajstić information content (AvgIpc) is 3.16. The van der Waals surface area contributed by atoms with Gasteiger partial charge in [-0.25, -0.2) is 4.68 Å². The third-order valence-electron chi connectivity index (χ3n) is 4.02. The molecule has 0 radical (unpaired) electrons. The zero-order valence-electron chi connectivity index (χ0n) is 14.5. The normalized spacial score (nSPS) is 11.8. The molecule has 134 valence electrons. The number of tetrazole rings is 1. The monoisotopic (exact) mass is 370 g/mol. The Labute approximate surface area is 156 Å². The molecule has 1 unspecified atom stereocenters. The van der Waals surface area contributed by atoms with Crippen molar-refractivity contribution in [2.75, 3.05) is 11.9 Å². The SMILES string of the molecule is Cc1ccc(-n2cnnn2)cc1NCC(=O)NC(C)c1ccc(Cl)cc1. The number of anilines is 1. The van der Waals surface area contributed by atoms with Gasteiger partial charge in [-0.2, -0.15) is 0 Å². The summed E-state index contributed by atoms with van der Waals surface area (Å²) in [6.45, 7) is 4.07. The van der Waals surface area contributed by atoms with Crippen molar-refractivity contribution < 1.29 is 4.79 Å². The van der Waals surface area contributed by atoms with Crippen LogP contribution in [0.2, 0.25) is 5.02 Å². The Morgan fingerprint density at radius 3 is 2.69 bits per heavy atom. The Balaban J connectivity index is 1.60. The summed E-state index contributed by atoms with van der Waals surface area (Å²) in [5.74, 6) is -0.0975. The number of hydrogen-bond donors (Lipinski definition) is 2. The molecule has 1 atom stereocenters. The molecule has 0 bridgehead atoms. The fourth-order valence-corrected chi connectivity index (χ4v) is 2.65. The summed E-state index contributed by atoms with van der Waals surface area (Å²) in [4.78, 5) is 12.3. The topological polar surface area (TPSA) is 84.7 Å². The van der Waals surface area contributed by atoms with E-state index in [2.05, 4.69) is 26.2 Å². The van der Waals surface area contributed by atoms with Crippen LogP contribution in [0.5, 0.6) is 0 Å². The molecule has 2 N–H and O–H groups in total. The Morgan fingerprint density at radius 1 is 1.23 bits per heavy atom. The Bertz CT molecular complexity index is 879. The van der Waals surface area contributed by atoms with E-state index in [4.69, 9.17) is 11.6 Å². The molecule has 1 amide bonds. The maximum absolute atomic E-state index is 12.3. The molecule has 0 aliphatic heterocycles. The molecular formula is C18H19ClN6O. The van der Waals surface area contributed by atoms with Crippen LogP contribution in [0.15, 0.2) is 48.8 Å². The number of halogens is 1. The molecule has 7 nitrogen and oxygen atoms in total. The predicted molar refractivity (Wildman–Crippen MR) is 100 cm³/mol. The van der Waals surface area contributed by atoms with E-state index in [-0.39, 0.29) is 18.5 Å². The maximum Gasteiger partial charge on any atom is 0.239 e. The number of amides is 1. The standard InChI is InChI=1S/C18H19ClN6O/c1-12-3-8-16(25-11-21-23-24-25)9-17(12)20-10-18(26)22-13(2)14-4-6-15(19)7-5-14/h3-9,11,13,20H,10H2,1-2H3,(H,22,26). The minimum Gasteiger partial charge on any atom is -0.376 e. The Kier molecular flexibility index (Phi) is 5.48. The molecule has 0 aliphatic carbocycles. The van der Waals surface area contributed by atoms with Crippen LogP contribution in [0.4, 0.5) is 5.69 Å². The van der Waals surface area contributed by atoms with Gasteiger partial charge in [0, 0.05) is 10.7 Å². The van der Waals surface area contributed by atoms with Crippen LogP contribution in [-0.2, 0) is 4.79 Å². The second-order valence-corrected chi connectivity index (χ2v) is 6.38. The van der Waals surface area contributed by atoms with E-state index >= 15 is 0 Å². The van der Waals surface area contributed by atoms with Crippen molar-refractivity contribution in [1.29, 1.82) is 0 Å². The van der Waals surface area contributed by atoms with Crippen LogP contribution in [-0.4, -0.2) is 32.7 Å². The van der Waals surface area contributed by atoms with Crippen molar-refractivity contribution in [2.24, 2.45) is 0 Å². The summed E-state index contributed by atoms with van der Waals surface area (Å²) in [5, 5.41) is 17.9. The van der Waals surface area contributed by atoms with Gasteiger partial charge >= 0.3 is 0 Å². The number of aryl methyl sites for hydroxylation is 1. The molecule has 2 aromatic carbocycles. The quantitative estimate of drug-likeness (QED) is 0.697. The minimum atomic E-state index is -0.102. The van der Waals surface area contributed by atoms with Crippen molar-refractivity contribution in [3.05, 3.63) is 64.9 Å². The van der Waals surface area contributed by atoms with Crippen LogP contribution < -0.4 is 10.6 Å². The zero-order valence-corrected chi connectivity index (χ0v) is 15.2. The van der Waals surface area contributed by atoms with Crippen LogP contribution in [0.25, 0.3) is 5.69 Å². The first kappa shape index (κ1) is 17.9. The number of benzene rings is 2. The number of carbonyl (C=O) groups is 1. The van der Waals surface area contributed by atoms with E-state index in [1.165, 1.54) is 6.33 Å². The first-order chi connectivity index (χ1) is 12.5. The predicted octanol–water partition coefficient (Wildman–Crippen LogP) is 2.91. The van der Waals surface area contributed by atoms with E-state index in [1.54, 1.807) is 4.68 Å². The lowest BCUT2D eigenvalue weighted by Gasteiger charge is -2.16. The fourth-order valence-electron chi connectivity index (χ4n) is 2.53. The number of nitrogens with one attached hydrogen (secondary N) is 2. The third kappa shape index (κ3) is 4.37. The molecule has 3 aromatic rings. The van der Waals surface area contributed by atoms with E-state index < -0.39 is 0 Å². The van der Waals surface area contributed by atoms with E-state index in [0.29, 0.717) is 5.02 Å². The molecule has 0 saturated heterocycles. The van der Waals surface area contributed by atoms with Gasteiger partial charge in [-0.05, 0) is 59.7 Å². The maximum atomic E-state index is 12.3. The lowest BCUT2D eigenvalue weighted by molar-refractivity contribution is -0.120. The van der Waals surface area contributed by atoms with Crippen molar-refractivity contribution in [3.8, 4) is 5.69 Å².